The third kappa shape index (κ3) is 3.03. The van der Waals surface area contributed by atoms with Gasteiger partial charge < -0.3 is 15.0 Å². The maximum Gasteiger partial charge on any atom is 0.0722 e. The number of nitrogens with zero attached hydrogens (tertiary/aromatic N) is 1. The molecule has 0 amide bonds. The number of morpholine rings is 1. The molecule has 1 saturated carbocycles. The van der Waals surface area contributed by atoms with E-state index in [1.165, 1.54) is 24.1 Å². The van der Waals surface area contributed by atoms with Crippen LogP contribution in [0.15, 0.2) is 24.3 Å². The van der Waals surface area contributed by atoms with Gasteiger partial charge in [-0.05, 0) is 37.5 Å². The highest BCUT2D eigenvalue weighted by molar-refractivity contribution is 5.48. The van der Waals surface area contributed by atoms with Gasteiger partial charge in [-0.1, -0.05) is 12.1 Å². The van der Waals surface area contributed by atoms with Crippen LogP contribution in [0.2, 0.25) is 0 Å². The molecular weight excluding hydrogens is 224 g/mol. The highest BCUT2D eigenvalue weighted by atomic mass is 16.5. The molecule has 3 nitrogen and oxygen atoms in total. The molecule has 3 heteroatoms. The number of nitrogens with one attached hydrogen (secondary N) is 1. The minimum Gasteiger partial charge on any atom is -0.375 e. The van der Waals surface area contributed by atoms with Crippen molar-refractivity contribution >= 4 is 5.69 Å². The van der Waals surface area contributed by atoms with Gasteiger partial charge in [0.2, 0.25) is 0 Å². The van der Waals surface area contributed by atoms with Crippen LogP contribution in [0.25, 0.3) is 0 Å². The largest absolute Gasteiger partial charge is 0.375 e. The molecule has 1 aliphatic heterocycles. The lowest BCUT2D eigenvalue weighted by Crippen LogP contribution is -2.41. The van der Waals surface area contributed by atoms with E-state index < -0.39 is 0 Å². The van der Waals surface area contributed by atoms with Gasteiger partial charge in [-0.2, -0.15) is 0 Å². The third-order valence-corrected chi connectivity index (χ3v) is 3.71. The number of benzene rings is 1. The predicted octanol–water partition coefficient (Wildman–Crippen LogP) is 2.16. The Morgan fingerprint density at radius 3 is 2.72 bits per heavy atom. The molecule has 0 spiro atoms. The zero-order chi connectivity index (χ0) is 12.4. The monoisotopic (exact) mass is 246 g/mol. The third-order valence-electron chi connectivity index (χ3n) is 3.71. The zero-order valence-corrected chi connectivity index (χ0v) is 11.1. The van der Waals surface area contributed by atoms with E-state index >= 15 is 0 Å². The van der Waals surface area contributed by atoms with Crippen LogP contribution in [0.3, 0.4) is 0 Å². The smallest absolute Gasteiger partial charge is 0.0722 e. The lowest BCUT2D eigenvalue weighted by Gasteiger charge is -2.33. The van der Waals surface area contributed by atoms with Crippen LogP contribution in [0.1, 0.15) is 25.3 Å². The minimum atomic E-state index is 0.343. The van der Waals surface area contributed by atoms with Crippen LogP contribution in [-0.2, 0) is 11.3 Å². The van der Waals surface area contributed by atoms with Crippen molar-refractivity contribution in [1.29, 1.82) is 0 Å². The van der Waals surface area contributed by atoms with E-state index in [1.54, 1.807) is 0 Å². The Morgan fingerprint density at radius 2 is 2.06 bits per heavy atom. The van der Waals surface area contributed by atoms with Gasteiger partial charge in [-0.25, -0.2) is 0 Å². The van der Waals surface area contributed by atoms with Crippen molar-refractivity contribution in [1.82, 2.24) is 5.32 Å². The first kappa shape index (κ1) is 12.0. The molecule has 0 bridgehead atoms. The Morgan fingerprint density at radius 1 is 1.28 bits per heavy atom. The molecule has 0 aromatic heterocycles. The molecule has 1 N–H and O–H groups in total. The van der Waals surface area contributed by atoms with E-state index in [1.807, 2.05) is 0 Å². The summed E-state index contributed by atoms with van der Waals surface area (Å²) < 4.78 is 5.57. The quantitative estimate of drug-likeness (QED) is 0.881. The Hall–Kier alpha value is -1.06. The molecule has 1 aliphatic carbocycles. The van der Waals surface area contributed by atoms with E-state index in [0.717, 1.165) is 32.3 Å². The van der Waals surface area contributed by atoms with Crippen LogP contribution < -0.4 is 10.2 Å². The van der Waals surface area contributed by atoms with Crippen LogP contribution in [0.4, 0.5) is 5.69 Å². The van der Waals surface area contributed by atoms with Gasteiger partial charge in [0, 0.05) is 31.4 Å². The van der Waals surface area contributed by atoms with Gasteiger partial charge in [0.1, 0.15) is 0 Å². The standard InChI is InChI=1S/C15H22N2O/c1-12-11-17(8-9-18-12)15-6-2-13(3-7-15)10-16-14-4-5-14/h2-3,6-7,12,14,16H,4-5,8-11H2,1H3. The minimum absolute atomic E-state index is 0.343. The van der Waals surface area contributed by atoms with Gasteiger partial charge in [-0.15, -0.1) is 0 Å². The molecule has 0 radical (unpaired) electrons. The summed E-state index contributed by atoms with van der Waals surface area (Å²) in [6.07, 6.45) is 3.04. The van der Waals surface area contributed by atoms with Crippen molar-refractivity contribution in [3.63, 3.8) is 0 Å². The number of anilines is 1. The van der Waals surface area contributed by atoms with Crippen LogP contribution in [0.5, 0.6) is 0 Å². The summed E-state index contributed by atoms with van der Waals surface area (Å²) in [6, 6.07) is 9.74. The summed E-state index contributed by atoms with van der Waals surface area (Å²) in [5.74, 6) is 0. The molecular formula is C15H22N2O. The second-order valence-corrected chi connectivity index (χ2v) is 5.45. The molecule has 1 aromatic rings. The molecule has 1 aromatic carbocycles. The molecule has 3 rings (SSSR count). The fourth-order valence-electron chi connectivity index (χ4n) is 2.43. The summed E-state index contributed by atoms with van der Waals surface area (Å²) in [4.78, 5) is 2.41. The summed E-state index contributed by atoms with van der Waals surface area (Å²) in [5.41, 5.74) is 2.70. The van der Waals surface area contributed by atoms with E-state index in [4.69, 9.17) is 4.74 Å². The van der Waals surface area contributed by atoms with Gasteiger partial charge in [0.25, 0.3) is 0 Å². The summed E-state index contributed by atoms with van der Waals surface area (Å²) in [5, 5.41) is 3.55. The summed E-state index contributed by atoms with van der Waals surface area (Å²) in [6.45, 7) is 5.99. The Kier molecular flexibility index (Phi) is 3.52. The van der Waals surface area contributed by atoms with E-state index in [0.29, 0.717) is 6.10 Å². The van der Waals surface area contributed by atoms with E-state index in [9.17, 15) is 0 Å². The van der Waals surface area contributed by atoms with Crippen molar-refractivity contribution in [2.24, 2.45) is 0 Å². The van der Waals surface area contributed by atoms with Gasteiger partial charge in [0.15, 0.2) is 0 Å². The van der Waals surface area contributed by atoms with Crippen molar-refractivity contribution in [3.8, 4) is 0 Å². The molecule has 1 unspecified atom stereocenters. The SMILES string of the molecule is CC1CN(c2ccc(CNC3CC3)cc2)CCO1. The normalized spacial score (nSPS) is 24.3. The van der Waals surface area contributed by atoms with E-state index in [-0.39, 0.29) is 0 Å². The first-order valence-electron chi connectivity index (χ1n) is 7.00. The average Bonchev–Trinajstić information content (AvgIpc) is 3.21. The number of hydrogen-bond acceptors (Lipinski definition) is 3. The maximum absolute atomic E-state index is 5.57. The van der Waals surface area contributed by atoms with Gasteiger partial charge in [-0.3, -0.25) is 0 Å². The van der Waals surface area contributed by atoms with Crippen molar-refractivity contribution in [3.05, 3.63) is 29.8 Å². The van der Waals surface area contributed by atoms with Crippen molar-refractivity contribution < 1.29 is 4.74 Å². The Bertz CT molecular complexity index is 386. The number of ether oxygens (including phenoxy) is 1. The Balaban J connectivity index is 1.58. The highest BCUT2D eigenvalue weighted by Gasteiger charge is 2.20. The molecule has 1 saturated heterocycles. The van der Waals surface area contributed by atoms with Crippen LogP contribution >= 0.6 is 0 Å². The number of rotatable bonds is 4. The summed E-state index contributed by atoms with van der Waals surface area (Å²) >= 11 is 0. The zero-order valence-electron chi connectivity index (χ0n) is 11.1. The van der Waals surface area contributed by atoms with Gasteiger partial charge >= 0.3 is 0 Å². The average molecular weight is 246 g/mol. The van der Waals surface area contributed by atoms with Crippen molar-refractivity contribution in [2.75, 3.05) is 24.6 Å². The summed E-state index contributed by atoms with van der Waals surface area (Å²) in [7, 11) is 0. The fourth-order valence-corrected chi connectivity index (χ4v) is 2.43. The lowest BCUT2D eigenvalue weighted by molar-refractivity contribution is 0.0532. The molecule has 18 heavy (non-hydrogen) atoms. The molecule has 2 aliphatic rings. The van der Waals surface area contributed by atoms with Crippen molar-refractivity contribution in [2.45, 2.75) is 38.5 Å². The second-order valence-electron chi connectivity index (χ2n) is 5.45. The molecule has 1 heterocycles. The molecule has 98 valence electrons. The molecule has 2 fully saturated rings. The Labute approximate surface area is 109 Å². The first-order valence-corrected chi connectivity index (χ1v) is 7.00. The predicted molar refractivity (Wildman–Crippen MR) is 73.9 cm³/mol. The highest BCUT2D eigenvalue weighted by Crippen LogP contribution is 2.21. The van der Waals surface area contributed by atoms with Gasteiger partial charge in [0.05, 0.1) is 12.7 Å². The molecule has 1 atom stereocenters. The van der Waals surface area contributed by atoms with E-state index in [2.05, 4.69) is 41.4 Å². The van der Waals surface area contributed by atoms with Crippen LogP contribution in [-0.4, -0.2) is 31.8 Å². The number of hydrogen-bond donors (Lipinski definition) is 1. The topological polar surface area (TPSA) is 24.5 Å². The first-order chi connectivity index (χ1) is 8.81. The maximum atomic E-state index is 5.57. The fraction of sp³-hybridized carbons (Fsp3) is 0.600. The van der Waals surface area contributed by atoms with Crippen LogP contribution in [0, 0.1) is 0 Å². The second kappa shape index (κ2) is 5.29. The lowest BCUT2D eigenvalue weighted by atomic mass is 10.1.